The predicted molar refractivity (Wildman–Crippen MR) is 69.9 cm³/mol. The summed E-state index contributed by atoms with van der Waals surface area (Å²) in [6.45, 7) is 4.00. The Morgan fingerprint density at radius 3 is 2.81 bits per heavy atom. The van der Waals surface area contributed by atoms with Crippen LogP contribution >= 0.6 is 11.8 Å². The van der Waals surface area contributed by atoms with Crippen molar-refractivity contribution in [2.45, 2.75) is 24.7 Å². The summed E-state index contributed by atoms with van der Waals surface area (Å²) in [4.78, 5) is 1.36. The minimum Gasteiger partial charge on any atom is -0.399 e. The molecule has 0 amide bonds. The van der Waals surface area contributed by atoms with Crippen LogP contribution in [0.5, 0.6) is 0 Å². The number of ether oxygens (including phenoxy) is 1. The van der Waals surface area contributed by atoms with Crippen molar-refractivity contribution in [3.63, 3.8) is 0 Å². The molecule has 0 bridgehead atoms. The highest BCUT2D eigenvalue weighted by atomic mass is 32.2. The van der Waals surface area contributed by atoms with Gasteiger partial charge in [-0.1, -0.05) is 0 Å². The summed E-state index contributed by atoms with van der Waals surface area (Å²) >= 11 is 1.95. The third-order valence-corrected chi connectivity index (χ3v) is 4.42. The lowest BCUT2D eigenvalue weighted by molar-refractivity contribution is 0.0728. The van der Waals surface area contributed by atoms with Crippen LogP contribution in [0.1, 0.15) is 18.4 Å². The van der Waals surface area contributed by atoms with Crippen molar-refractivity contribution in [1.82, 2.24) is 0 Å². The summed E-state index contributed by atoms with van der Waals surface area (Å²) in [6, 6.07) is 6.17. The maximum Gasteiger partial charge on any atom is 0.0468 e. The fourth-order valence-corrected chi connectivity index (χ4v) is 3.15. The average Bonchev–Trinajstić information content (AvgIpc) is 2.29. The number of thioether (sulfide) groups is 1. The minimum atomic E-state index is 0.815. The van der Waals surface area contributed by atoms with E-state index in [0.29, 0.717) is 0 Å². The highest BCUT2D eigenvalue weighted by Gasteiger charge is 2.14. The van der Waals surface area contributed by atoms with Gasteiger partial charge < -0.3 is 10.5 Å². The smallest absolute Gasteiger partial charge is 0.0468 e. The van der Waals surface area contributed by atoms with Gasteiger partial charge in [-0.25, -0.2) is 0 Å². The van der Waals surface area contributed by atoms with Crippen LogP contribution in [0.3, 0.4) is 0 Å². The molecule has 0 atom stereocenters. The lowest BCUT2D eigenvalue weighted by atomic mass is 10.0. The molecule has 1 fully saturated rings. The zero-order valence-corrected chi connectivity index (χ0v) is 10.6. The quantitative estimate of drug-likeness (QED) is 0.648. The van der Waals surface area contributed by atoms with Crippen LogP contribution in [0, 0.1) is 12.8 Å². The molecule has 1 aliphatic heterocycles. The van der Waals surface area contributed by atoms with Crippen molar-refractivity contribution in [3.05, 3.63) is 23.8 Å². The first-order chi connectivity index (χ1) is 7.75. The molecule has 16 heavy (non-hydrogen) atoms. The predicted octanol–water partition coefficient (Wildman–Crippen LogP) is 3.10. The Kier molecular flexibility index (Phi) is 4.13. The van der Waals surface area contributed by atoms with E-state index in [0.717, 1.165) is 24.8 Å². The molecule has 0 spiro atoms. The number of rotatable bonds is 3. The zero-order chi connectivity index (χ0) is 11.4. The van der Waals surface area contributed by atoms with Gasteiger partial charge in [-0.3, -0.25) is 0 Å². The average molecular weight is 237 g/mol. The standard InChI is InChI=1S/C13H19NOS/c1-10-8-12(14)2-3-13(10)16-9-11-4-6-15-7-5-11/h2-3,8,11H,4-7,9,14H2,1H3. The van der Waals surface area contributed by atoms with Crippen LogP contribution in [0.2, 0.25) is 0 Å². The Morgan fingerprint density at radius 2 is 2.12 bits per heavy atom. The molecule has 1 aliphatic rings. The van der Waals surface area contributed by atoms with Gasteiger partial charge in [0.25, 0.3) is 0 Å². The summed E-state index contributed by atoms with van der Waals surface area (Å²) in [6.07, 6.45) is 2.42. The van der Waals surface area contributed by atoms with E-state index in [9.17, 15) is 0 Å². The van der Waals surface area contributed by atoms with Gasteiger partial charge in [0.15, 0.2) is 0 Å². The van der Waals surface area contributed by atoms with Crippen LogP contribution in [-0.2, 0) is 4.74 Å². The van der Waals surface area contributed by atoms with E-state index in [1.165, 1.54) is 29.1 Å². The molecule has 1 heterocycles. The molecule has 2 rings (SSSR count). The van der Waals surface area contributed by atoms with Gasteiger partial charge in [0.05, 0.1) is 0 Å². The van der Waals surface area contributed by atoms with E-state index in [4.69, 9.17) is 10.5 Å². The third kappa shape index (κ3) is 3.16. The minimum absolute atomic E-state index is 0.815. The van der Waals surface area contributed by atoms with Crippen molar-refractivity contribution in [2.75, 3.05) is 24.7 Å². The van der Waals surface area contributed by atoms with E-state index in [1.54, 1.807) is 0 Å². The van der Waals surface area contributed by atoms with E-state index < -0.39 is 0 Å². The molecule has 0 radical (unpaired) electrons. The molecule has 0 aromatic heterocycles. The molecule has 88 valence electrons. The lowest BCUT2D eigenvalue weighted by Crippen LogP contribution is -2.17. The molecule has 2 N–H and O–H groups in total. The van der Waals surface area contributed by atoms with Gasteiger partial charge in [0.1, 0.15) is 0 Å². The van der Waals surface area contributed by atoms with Crippen LogP contribution in [0.25, 0.3) is 0 Å². The molecular formula is C13H19NOS. The fraction of sp³-hybridized carbons (Fsp3) is 0.538. The number of hydrogen-bond donors (Lipinski definition) is 1. The molecule has 1 aromatic carbocycles. The van der Waals surface area contributed by atoms with E-state index in [2.05, 4.69) is 13.0 Å². The first-order valence-corrected chi connectivity index (χ1v) is 6.81. The number of benzene rings is 1. The number of anilines is 1. The van der Waals surface area contributed by atoms with Gasteiger partial charge in [-0.2, -0.15) is 0 Å². The van der Waals surface area contributed by atoms with Gasteiger partial charge in [0, 0.05) is 29.5 Å². The molecule has 0 saturated carbocycles. The van der Waals surface area contributed by atoms with Gasteiger partial charge in [-0.15, -0.1) is 11.8 Å². The Morgan fingerprint density at radius 1 is 1.38 bits per heavy atom. The molecular weight excluding hydrogens is 218 g/mol. The van der Waals surface area contributed by atoms with E-state index >= 15 is 0 Å². The lowest BCUT2D eigenvalue weighted by Gasteiger charge is -2.21. The van der Waals surface area contributed by atoms with Crippen LogP contribution in [-0.4, -0.2) is 19.0 Å². The maximum absolute atomic E-state index is 5.74. The summed E-state index contributed by atoms with van der Waals surface area (Å²) in [5.74, 6) is 2.02. The normalized spacial score (nSPS) is 17.6. The summed E-state index contributed by atoms with van der Waals surface area (Å²) < 4.78 is 5.37. The van der Waals surface area contributed by atoms with Crippen molar-refractivity contribution in [3.8, 4) is 0 Å². The summed E-state index contributed by atoms with van der Waals surface area (Å²) in [5.41, 5.74) is 7.88. The SMILES string of the molecule is Cc1cc(N)ccc1SCC1CCOCC1. The maximum atomic E-state index is 5.74. The second-order valence-electron chi connectivity index (χ2n) is 4.39. The topological polar surface area (TPSA) is 35.2 Å². The van der Waals surface area contributed by atoms with E-state index in [-0.39, 0.29) is 0 Å². The molecule has 0 aliphatic carbocycles. The first-order valence-electron chi connectivity index (χ1n) is 5.82. The van der Waals surface area contributed by atoms with Crippen LogP contribution in [0.15, 0.2) is 23.1 Å². The van der Waals surface area contributed by atoms with Crippen molar-refractivity contribution < 1.29 is 4.74 Å². The Labute approximate surface area is 102 Å². The summed E-state index contributed by atoms with van der Waals surface area (Å²) in [5, 5.41) is 0. The van der Waals surface area contributed by atoms with Crippen molar-refractivity contribution in [2.24, 2.45) is 5.92 Å². The number of nitrogen functional groups attached to an aromatic ring is 1. The van der Waals surface area contributed by atoms with Gasteiger partial charge in [-0.05, 0) is 49.4 Å². The zero-order valence-electron chi connectivity index (χ0n) is 9.74. The van der Waals surface area contributed by atoms with Crippen molar-refractivity contribution in [1.29, 1.82) is 0 Å². The molecule has 3 heteroatoms. The second-order valence-corrected chi connectivity index (χ2v) is 5.45. The van der Waals surface area contributed by atoms with Crippen LogP contribution in [0.4, 0.5) is 5.69 Å². The second kappa shape index (κ2) is 5.60. The van der Waals surface area contributed by atoms with E-state index in [1.807, 2.05) is 23.9 Å². The fourth-order valence-electron chi connectivity index (χ4n) is 1.96. The van der Waals surface area contributed by atoms with Gasteiger partial charge >= 0.3 is 0 Å². The highest BCUT2D eigenvalue weighted by molar-refractivity contribution is 7.99. The Bertz CT molecular complexity index is 348. The first kappa shape index (κ1) is 11.8. The third-order valence-electron chi connectivity index (χ3n) is 3.01. The molecule has 2 nitrogen and oxygen atoms in total. The number of aryl methyl sites for hydroxylation is 1. The molecule has 1 aromatic rings. The highest BCUT2D eigenvalue weighted by Crippen LogP contribution is 2.28. The number of nitrogens with two attached hydrogens (primary N) is 1. The monoisotopic (exact) mass is 237 g/mol. The Balaban J connectivity index is 1.88. The summed E-state index contributed by atoms with van der Waals surface area (Å²) in [7, 11) is 0. The van der Waals surface area contributed by atoms with Crippen molar-refractivity contribution >= 4 is 17.4 Å². The molecule has 0 unspecified atom stereocenters. The largest absolute Gasteiger partial charge is 0.399 e. The molecule has 1 saturated heterocycles. The van der Waals surface area contributed by atoms with Crippen LogP contribution < -0.4 is 5.73 Å². The number of hydrogen-bond acceptors (Lipinski definition) is 3. The van der Waals surface area contributed by atoms with Gasteiger partial charge in [0.2, 0.25) is 0 Å². The Hall–Kier alpha value is -0.670.